The average Bonchev–Trinajstić information content (AvgIpc) is 3.46. The minimum atomic E-state index is 1.09. The first kappa shape index (κ1) is 44.6. The third-order valence-corrected chi connectivity index (χ3v) is 13.9. The molecule has 0 saturated heterocycles. The van der Waals surface area contributed by atoms with Gasteiger partial charge in [0.2, 0.25) is 0 Å². The van der Waals surface area contributed by atoms with E-state index < -0.39 is 0 Å². The SMILES string of the molecule is C(=C\c1cccc2ccccc12)/c1ccc(-c2ccc(N(c3ccc(-c4ccc(/C=C/c5cccc6ccccc56)cc4)cc3)c3ccc(-c4ccc(/C=C/c5cccc6ccccc56)cc4)cc3)cc2)cc1. The number of rotatable bonds is 12. The van der Waals surface area contributed by atoms with E-state index in [0.717, 1.165) is 17.1 Å². The highest BCUT2D eigenvalue weighted by Crippen LogP contribution is 2.38. The largest absolute Gasteiger partial charge is 0.311 e. The maximum Gasteiger partial charge on any atom is 0.0462 e. The first-order valence-electron chi connectivity index (χ1n) is 25.0. The van der Waals surface area contributed by atoms with Crippen LogP contribution in [0.15, 0.2) is 273 Å². The fourth-order valence-corrected chi connectivity index (χ4v) is 9.96. The molecule has 0 aliphatic rings. The van der Waals surface area contributed by atoms with Gasteiger partial charge in [0.1, 0.15) is 0 Å². The van der Waals surface area contributed by atoms with Gasteiger partial charge < -0.3 is 4.90 Å². The highest BCUT2D eigenvalue weighted by molar-refractivity contribution is 5.95. The van der Waals surface area contributed by atoms with E-state index >= 15 is 0 Å². The number of anilines is 3. The van der Waals surface area contributed by atoms with E-state index in [0.29, 0.717) is 0 Å². The van der Waals surface area contributed by atoms with Crippen molar-refractivity contribution in [1.82, 2.24) is 0 Å². The van der Waals surface area contributed by atoms with Gasteiger partial charge in [-0.15, -0.1) is 0 Å². The lowest BCUT2D eigenvalue weighted by atomic mass is 10.0. The molecule has 0 amide bonds. The Kier molecular flexibility index (Phi) is 12.5. The second-order valence-corrected chi connectivity index (χ2v) is 18.5. The lowest BCUT2D eigenvalue weighted by Gasteiger charge is -2.26. The zero-order valence-electron chi connectivity index (χ0n) is 40.4. The molecule has 0 heterocycles. The summed E-state index contributed by atoms with van der Waals surface area (Å²) in [5.74, 6) is 0. The second kappa shape index (κ2) is 20.4. The van der Waals surface area contributed by atoms with Crippen molar-refractivity contribution in [2.75, 3.05) is 4.90 Å². The van der Waals surface area contributed by atoms with Crippen molar-refractivity contribution in [1.29, 1.82) is 0 Å². The molecule has 73 heavy (non-hydrogen) atoms. The Bertz CT molecular complexity index is 3520. The van der Waals surface area contributed by atoms with Crippen LogP contribution in [0.1, 0.15) is 33.4 Å². The molecule has 0 fully saturated rings. The van der Waals surface area contributed by atoms with Gasteiger partial charge in [0.25, 0.3) is 0 Å². The normalized spacial score (nSPS) is 11.7. The Hall–Kier alpha value is -9.56. The average molecular weight is 930 g/mol. The Morgan fingerprint density at radius 1 is 0.192 bits per heavy atom. The summed E-state index contributed by atoms with van der Waals surface area (Å²) in [7, 11) is 0. The van der Waals surface area contributed by atoms with Crippen molar-refractivity contribution in [3.05, 3.63) is 306 Å². The van der Waals surface area contributed by atoms with E-state index in [1.165, 1.54) is 99.1 Å². The van der Waals surface area contributed by atoms with Crippen molar-refractivity contribution in [3.8, 4) is 33.4 Å². The van der Waals surface area contributed by atoms with Crippen molar-refractivity contribution >= 4 is 85.8 Å². The van der Waals surface area contributed by atoms with E-state index in [2.05, 4.69) is 314 Å². The fraction of sp³-hybridized carbons (Fsp3) is 0. The van der Waals surface area contributed by atoms with Crippen LogP contribution in [0.3, 0.4) is 0 Å². The van der Waals surface area contributed by atoms with Crippen LogP contribution in [0.25, 0.3) is 102 Å². The summed E-state index contributed by atoms with van der Waals surface area (Å²) in [6, 6.07) is 98.4. The van der Waals surface area contributed by atoms with Crippen LogP contribution in [0.5, 0.6) is 0 Å². The van der Waals surface area contributed by atoms with Gasteiger partial charge in [-0.05, 0) is 135 Å². The van der Waals surface area contributed by atoms with Crippen molar-refractivity contribution in [3.63, 3.8) is 0 Å². The van der Waals surface area contributed by atoms with Crippen LogP contribution in [0, 0.1) is 0 Å². The number of fused-ring (bicyclic) bond motifs is 3. The van der Waals surface area contributed by atoms with E-state index in [-0.39, 0.29) is 0 Å². The number of hydrogen-bond donors (Lipinski definition) is 0. The van der Waals surface area contributed by atoms with Gasteiger partial charge in [-0.2, -0.15) is 0 Å². The Balaban J connectivity index is 0.800. The van der Waals surface area contributed by atoms with Crippen LogP contribution in [0.2, 0.25) is 0 Å². The molecule has 0 N–H and O–H groups in total. The van der Waals surface area contributed by atoms with Gasteiger partial charge in [-0.25, -0.2) is 0 Å². The summed E-state index contributed by atoms with van der Waals surface area (Å²) in [6.07, 6.45) is 13.2. The molecule has 0 radical (unpaired) electrons. The molecule has 12 aromatic rings. The molecule has 0 aliphatic heterocycles. The predicted molar refractivity (Wildman–Crippen MR) is 316 cm³/mol. The molecule has 344 valence electrons. The zero-order valence-corrected chi connectivity index (χ0v) is 40.4. The highest BCUT2D eigenvalue weighted by Gasteiger charge is 2.14. The van der Waals surface area contributed by atoms with Gasteiger partial charge in [0.15, 0.2) is 0 Å². The Morgan fingerprint density at radius 3 is 0.699 bits per heavy atom. The van der Waals surface area contributed by atoms with Crippen LogP contribution in [-0.2, 0) is 0 Å². The third-order valence-electron chi connectivity index (χ3n) is 13.9. The van der Waals surface area contributed by atoms with E-state index in [1.807, 2.05) is 0 Å². The van der Waals surface area contributed by atoms with E-state index in [4.69, 9.17) is 0 Å². The highest BCUT2D eigenvalue weighted by atomic mass is 15.1. The van der Waals surface area contributed by atoms with E-state index in [9.17, 15) is 0 Å². The predicted octanol–water partition coefficient (Wildman–Crippen LogP) is 20.1. The molecule has 12 aromatic carbocycles. The standard InChI is InChI=1S/C72H51N/c1-4-19-70-61(10-1)13-7-16-64(70)37-28-52-22-31-55(32-23-52)58-40-46-67(47-41-58)73(68-48-42-59(43-49-68)56-33-24-53(25-34-56)29-38-65-17-8-14-62-11-2-5-20-71(62)65)69-50-44-60(45-51-69)57-35-26-54(27-36-57)30-39-66-18-9-15-63-12-3-6-21-72(63)66/h1-51H/b37-28+,38-29+,39-30+. The van der Waals surface area contributed by atoms with Crippen molar-refractivity contribution in [2.24, 2.45) is 0 Å². The first-order valence-corrected chi connectivity index (χ1v) is 25.0. The molecule has 1 heteroatoms. The van der Waals surface area contributed by atoms with Gasteiger partial charge in [-0.3, -0.25) is 0 Å². The summed E-state index contributed by atoms with van der Waals surface area (Å²) in [6.45, 7) is 0. The van der Waals surface area contributed by atoms with Gasteiger partial charge in [0.05, 0.1) is 0 Å². The molecular weight excluding hydrogens is 879 g/mol. The lowest BCUT2D eigenvalue weighted by Crippen LogP contribution is -2.09. The van der Waals surface area contributed by atoms with Crippen LogP contribution in [0.4, 0.5) is 17.1 Å². The molecular formula is C72H51N. The minimum absolute atomic E-state index is 1.09. The fourth-order valence-electron chi connectivity index (χ4n) is 9.96. The third kappa shape index (κ3) is 9.82. The molecule has 0 bridgehead atoms. The Morgan fingerprint density at radius 2 is 0.425 bits per heavy atom. The molecule has 0 spiro atoms. The Labute approximate surface area is 428 Å². The van der Waals surface area contributed by atoms with Crippen LogP contribution < -0.4 is 4.90 Å². The van der Waals surface area contributed by atoms with E-state index in [1.54, 1.807) is 0 Å². The molecule has 12 rings (SSSR count). The lowest BCUT2D eigenvalue weighted by molar-refractivity contribution is 1.28. The second-order valence-electron chi connectivity index (χ2n) is 18.5. The van der Waals surface area contributed by atoms with Gasteiger partial charge >= 0.3 is 0 Å². The molecule has 0 aromatic heterocycles. The van der Waals surface area contributed by atoms with Gasteiger partial charge in [-0.1, -0.05) is 273 Å². The van der Waals surface area contributed by atoms with Crippen LogP contribution >= 0.6 is 0 Å². The van der Waals surface area contributed by atoms with Gasteiger partial charge in [0, 0.05) is 17.1 Å². The number of hydrogen-bond acceptors (Lipinski definition) is 1. The summed E-state index contributed by atoms with van der Waals surface area (Å²) in [5.41, 5.74) is 17.5. The smallest absolute Gasteiger partial charge is 0.0462 e. The summed E-state index contributed by atoms with van der Waals surface area (Å²) in [5, 5.41) is 7.54. The van der Waals surface area contributed by atoms with Crippen LogP contribution in [-0.4, -0.2) is 0 Å². The minimum Gasteiger partial charge on any atom is -0.311 e. The van der Waals surface area contributed by atoms with Crippen molar-refractivity contribution < 1.29 is 0 Å². The molecule has 0 unspecified atom stereocenters. The monoisotopic (exact) mass is 929 g/mol. The number of benzene rings is 12. The number of nitrogens with zero attached hydrogens (tertiary/aromatic N) is 1. The maximum absolute atomic E-state index is 2.35. The quantitative estimate of drug-likeness (QED) is 0.110. The summed E-state index contributed by atoms with van der Waals surface area (Å²) < 4.78 is 0. The van der Waals surface area contributed by atoms with Crippen molar-refractivity contribution in [2.45, 2.75) is 0 Å². The maximum atomic E-state index is 2.35. The molecule has 1 nitrogen and oxygen atoms in total. The first-order chi connectivity index (χ1) is 36.1. The molecule has 0 atom stereocenters. The topological polar surface area (TPSA) is 3.24 Å². The zero-order chi connectivity index (χ0) is 48.8. The molecule has 0 saturated carbocycles. The summed E-state index contributed by atoms with van der Waals surface area (Å²) in [4.78, 5) is 2.35. The molecule has 0 aliphatic carbocycles. The summed E-state index contributed by atoms with van der Waals surface area (Å²) >= 11 is 0.